The average molecular weight is 344 g/mol. The fourth-order valence-electron chi connectivity index (χ4n) is 3.68. The molecule has 2 fully saturated rings. The lowest BCUT2D eigenvalue weighted by atomic mass is 9.86. The Bertz CT molecular complexity index is 519. The molecule has 2 aliphatic rings. The van der Waals surface area contributed by atoms with Gasteiger partial charge >= 0.3 is 0 Å². The first-order chi connectivity index (χ1) is 11.0. The maximum Gasteiger partial charge on any atom is 0.282 e. The molecule has 0 radical (unpaired) electrons. The summed E-state index contributed by atoms with van der Waals surface area (Å²) in [5.41, 5.74) is 0. The number of rotatable bonds is 7. The first kappa shape index (κ1) is 18.6. The number of hydrogen-bond donors (Lipinski definition) is 0. The van der Waals surface area contributed by atoms with Gasteiger partial charge in [0.05, 0.1) is 12.7 Å². The molecule has 0 unspecified atom stereocenters. The lowest BCUT2D eigenvalue weighted by Gasteiger charge is -2.46. The zero-order chi connectivity index (χ0) is 16.9. The number of nitrogens with zero attached hydrogens (tertiary/aromatic N) is 4. The van der Waals surface area contributed by atoms with Gasteiger partial charge in [-0.1, -0.05) is 0 Å². The molecule has 0 saturated carbocycles. The highest BCUT2D eigenvalue weighted by Crippen LogP contribution is 2.32. The van der Waals surface area contributed by atoms with Crippen LogP contribution >= 0.6 is 0 Å². The number of likely N-dealkylation sites (tertiary alicyclic amines) is 1. The third-order valence-corrected chi connectivity index (χ3v) is 6.92. The van der Waals surface area contributed by atoms with Crippen LogP contribution in [0.15, 0.2) is 0 Å². The van der Waals surface area contributed by atoms with E-state index in [2.05, 4.69) is 11.9 Å². The molecule has 2 aliphatic heterocycles. The van der Waals surface area contributed by atoms with Crippen LogP contribution in [0.25, 0.3) is 0 Å². The number of piperidine rings is 2. The van der Waals surface area contributed by atoms with Crippen LogP contribution in [0.2, 0.25) is 0 Å². The van der Waals surface area contributed by atoms with E-state index in [1.54, 1.807) is 11.4 Å². The maximum atomic E-state index is 13.1. The Morgan fingerprint density at radius 3 is 2.78 bits per heavy atom. The fourth-order valence-corrected chi connectivity index (χ4v) is 5.59. The van der Waals surface area contributed by atoms with Crippen LogP contribution < -0.4 is 0 Å². The summed E-state index contributed by atoms with van der Waals surface area (Å²) in [4.78, 5) is 2.29. The summed E-state index contributed by atoms with van der Waals surface area (Å²) in [5, 5.41) is 8.81. The molecule has 2 heterocycles. The molecular weight excluding hydrogens is 316 g/mol. The van der Waals surface area contributed by atoms with Gasteiger partial charge in [-0.15, -0.1) is 0 Å². The van der Waals surface area contributed by atoms with Crippen molar-refractivity contribution in [1.29, 1.82) is 5.26 Å². The lowest BCUT2D eigenvalue weighted by Crippen LogP contribution is -2.58. The number of nitriles is 1. The van der Waals surface area contributed by atoms with Gasteiger partial charge in [-0.25, -0.2) is 0 Å². The van der Waals surface area contributed by atoms with Gasteiger partial charge < -0.3 is 9.64 Å². The molecule has 0 bridgehead atoms. The van der Waals surface area contributed by atoms with Crippen LogP contribution in [0.5, 0.6) is 0 Å². The van der Waals surface area contributed by atoms with E-state index in [1.165, 1.54) is 4.31 Å². The molecule has 0 spiro atoms. The predicted octanol–water partition coefficient (Wildman–Crippen LogP) is 0.509. The molecule has 7 nitrogen and oxygen atoms in total. The molecule has 23 heavy (non-hydrogen) atoms. The molecule has 0 aliphatic carbocycles. The highest BCUT2D eigenvalue weighted by molar-refractivity contribution is 7.86. The molecule has 2 saturated heterocycles. The Hall–Kier alpha value is -0.720. The molecule has 8 heteroatoms. The summed E-state index contributed by atoms with van der Waals surface area (Å²) < 4.78 is 34.4. The van der Waals surface area contributed by atoms with Gasteiger partial charge in [0.2, 0.25) is 0 Å². The highest BCUT2D eigenvalue weighted by Gasteiger charge is 2.42. The summed E-state index contributed by atoms with van der Waals surface area (Å²) in [6.07, 6.45) is 3.09. The van der Waals surface area contributed by atoms with Gasteiger partial charge in [0, 0.05) is 45.8 Å². The average Bonchev–Trinajstić information content (AvgIpc) is 2.53. The van der Waals surface area contributed by atoms with Gasteiger partial charge in [-0.3, -0.25) is 0 Å². The monoisotopic (exact) mass is 344 g/mol. The minimum atomic E-state index is -3.54. The van der Waals surface area contributed by atoms with E-state index >= 15 is 0 Å². The van der Waals surface area contributed by atoms with E-state index < -0.39 is 10.2 Å². The second kappa shape index (κ2) is 8.40. The summed E-state index contributed by atoms with van der Waals surface area (Å²) in [5.74, 6) is 0.414. The molecule has 2 atom stereocenters. The summed E-state index contributed by atoms with van der Waals surface area (Å²) in [6.45, 7) is 3.36. The van der Waals surface area contributed by atoms with Crippen LogP contribution in [-0.4, -0.2) is 81.5 Å². The fraction of sp³-hybridized carbons (Fsp3) is 0.933. The van der Waals surface area contributed by atoms with Crippen LogP contribution in [0.3, 0.4) is 0 Å². The van der Waals surface area contributed by atoms with E-state index in [0.29, 0.717) is 25.6 Å². The van der Waals surface area contributed by atoms with E-state index in [0.717, 1.165) is 32.4 Å². The SMILES string of the molecule is COCCN(CCC#N)S(=O)(=O)N1CCC[C@@H]2CN(C)CC[C@H]21. The van der Waals surface area contributed by atoms with Crippen LogP contribution in [0.1, 0.15) is 25.7 Å². The van der Waals surface area contributed by atoms with Crippen molar-refractivity contribution in [2.75, 3.05) is 53.5 Å². The summed E-state index contributed by atoms with van der Waals surface area (Å²) in [6, 6.07) is 2.13. The van der Waals surface area contributed by atoms with Gasteiger partial charge in [-0.2, -0.15) is 22.3 Å². The van der Waals surface area contributed by atoms with Crippen molar-refractivity contribution in [1.82, 2.24) is 13.5 Å². The Morgan fingerprint density at radius 2 is 2.09 bits per heavy atom. The normalized spacial score (nSPS) is 26.9. The topological polar surface area (TPSA) is 76.9 Å². The third kappa shape index (κ3) is 4.43. The Kier molecular flexibility index (Phi) is 6.80. The number of methoxy groups -OCH3 is 1. The van der Waals surface area contributed by atoms with Crippen molar-refractivity contribution in [2.45, 2.75) is 31.7 Å². The third-order valence-electron chi connectivity index (χ3n) is 4.86. The lowest BCUT2D eigenvalue weighted by molar-refractivity contribution is 0.0765. The molecule has 132 valence electrons. The maximum absolute atomic E-state index is 13.1. The number of fused-ring (bicyclic) bond motifs is 1. The minimum absolute atomic E-state index is 0.0945. The van der Waals surface area contributed by atoms with Crippen LogP contribution in [0, 0.1) is 17.2 Å². The Morgan fingerprint density at radius 1 is 1.30 bits per heavy atom. The van der Waals surface area contributed by atoms with Crippen molar-refractivity contribution in [2.24, 2.45) is 5.92 Å². The van der Waals surface area contributed by atoms with Gasteiger partial charge in [0.15, 0.2) is 0 Å². The molecule has 0 aromatic carbocycles. The molecule has 0 aromatic rings. The first-order valence-corrected chi connectivity index (χ1v) is 9.71. The predicted molar refractivity (Wildman–Crippen MR) is 87.9 cm³/mol. The molecule has 2 rings (SSSR count). The van der Waals surface area contributed by atoms with Crippen molar-refractivity contribution >= 4 is 10.2 Å². The van der Waals surface area contributed by atoms with Crippen molar-refractivity contribution < 1.29 is 13.2 Å². The Labute approximate surface area is 140 Å². The summed E-state index contributed by atoms with van der Waals surface area (Å²) in [7, 11) is 0.118. The van der Waals surface area contributed by atoms with E-state index in [1.807, 2.05) is 6.07 Å². The van der Waals surface area contributed by atoms with Crippen LogP contribution in [0.4, 0.5) is 0 Å². The van der Waals surface area contributed by atoms with Crippen molar-refractivity contribution in [3.8, 4) is 6.07 Å². The standard InChI is InChI=1S/C15H28N4O3S/c1-17-10-6-15-14(13-17)5-3-9-19(15)23(20,21)18(8-4-7-16)11-12-22-2/h14-15H,3-6,8-13H2,1-2H3/t14-,15-/m1/s1. The second-order valence-corrected chi connectivity index (χ2v) is 8.32. The number of hydrogen-bond acceptors (Lipinski definition) is 5. The van der Waals surface area contributed by atoms with Crippen molar-refractivity contribution in [3.05, 3.63) is 0 Å². The van der Waals surface area contributed by atoms with Gasteiger partial charge in [-0.05, 0) is 38.8 Å². The highest BCUT2D eigenvalue weighted by atomic mass is 32.2. The zero-order valence-corrected chi connectivity index (χ0v) is 15.0. The minimum Gasteiger partial charge on any atom is -0.383 e. The van der Waals surface area contributed by atoms with Gasteiger partial charge in [0.25, 0.3) is 10.2 Å². The van der Waals surface area contributed by atoms with Crippen molar-refractivity contribution in [3.63, 3.8) is 0 Å². The molecule has 0 aromatic heterocycles. The number of ether oxygens (including phenoxy) is 1. The summed E-state index contributed by atoms with van der Waals surface area (Å²) >= 11 is 0. The first-order valence-electron chi connectivity index (χ1n) is 8.32. The zero-order valence-electron chi connectivity index (χ0n) is 14.1. The van der Waals surface area contributed by atoms with E-state index in [9.17, 15) is 8.42 Å². The van der Waals surface area contributed by atoms with Gasteiger partial charge in [0.1, 0.15) is 0 Å². The molecular formula is C15H28N4O3S. The molecule has 0 N–H and O–H groups in total. The smallest absolute Gasteiger partial charge is 0.282 e. The van der Waals surface area contributed by atoms with E-state index in [4.69, 9.17) is 10.00 Å². The Balaban J connectivity index is 2.15. The molecule has 0 amide bonds. The quantitative estimate of drug-likeness (QED) is 0.672. The van der Waals surface area contributed by atoms with E-state index in [-0.39, 0.29) is 19.0 Å². The van der Waals surface area contributed by atoms with Crippen LogP contribution in [-0.2, 0) is 14.9 Å². The second-order valence-electron chi connectivity index (χ2n) is 6.44. The largest absolute Gasteiger partial charge is 0.383 e.